The SMILES string of the molecule is Brc1cccc2c1n1c3ccccc3nc1n2-c1ccc2c(c1)oc1ccccc12. The quantitative estimate of drug-likeness (QED) is 0.267. The molecule has 0 saturated heterocycles. The lowest BCUT2D eigenvalue weighted by molar-refractivity contribution is 0.668. The molecule has 4 aromatic carbocycles. The van der Waals surface area contributed by atoms with E-state index in [0.717, 1.165) is 59.9 Å². The molecule has 0 radical (unpaired) electrons. The summed E-state index contributed by atoms with van der Waals surface area (Å²) in [5.74, 6) is 0.883. The van der Waals surface area contributed by atoms with E-state index in [1.807, 2.05) is 24.3 Å². The van der Waals surface area contributed by atoms with Crippen LogP contribution in [-0.2, 0) is 0 Å². The van der Waals surface area contributed by atoms with Crippen LogP contribution in [0.25, 0.3) is 55.5 Å². The van der Waals surface area contributed by atoms with Gasteiger partial charge >= 0.3 is 0 Å². The van der Waals surface area contributed by atoms with Crippen molar-refractivity contribution < 1.29 is 4.42 Å². The summed E-state index contributed by atoms with van der Waals surface area (Å²) in [7, 11) is 0. The summed E-state index contributed by atoms with van der Waals surface area (Å²) in [6, 6.07) is 29.0. The summed E-state index contributed by atoms with van der Waals surface area (Å²) in [5, 5.41) is 2.26. The highest BCUT2D eigenvalue weighted by molar-refractivity contribution is 9.10. The Labute approximate surface area is 179 Å². The fourth-order valence-corrected chi connectivity index (χ4v) is 5.04. The second-order valence-electron chi connectivity index (χ2n) is 7.46. The highest BCUT2D eigenvalue weighted by Gasteiger charge is 2.19. The molecule has 30 heavy (non-hydrogen) atoms. The van der Waals surface area contributed by atoms with E-state index in [0.29, 0.717) is 0 Å². The number of rotatable bonds is 1. The lowest BCUT2D eigenvalue weighted by atomic mass is 10.1. The third kappa shape index (κ3) is 2.02. The first kappa shape index (κ1) is 16.3. The number of hydrogen-bond donors (Lipinski definition) is 0. The molecule has 5 heteroatoms. The number of benzene rings is 4. The van der Waals surface area contributed by atoms with E-state index in [4.69, 9.17) is 9.40 Å². The van der Waals surface area contributed by atoms with E-state index in [2.05, 4.69) is 85.6 Å². The summed E-state index contributed by atoms with van der Waals surface area (Å²) < 4.78 is 11.6. The summed E-state index contributed by atoms with van der Waals surface area (Å²) in [6.45, 7) is 0. The van der Waals surface area contributed by atoms with Gasteiger partial charge < -0.3 is 4.42 Å². The van der Waals surface area contributed by atoms with Gasteiger partial charge in [-0.05, 0) is 58.4 Å². The van der Waals surface area contributed by atoms with Gasteiger partial charge in [-0.1, -0.05) is 36.4 Å². The van der Waals surface area contributed by atoms with E-state index >= 15 is 0 Å². The number of furan rings is 1. The Hall–Kier alpha value is -3.57. The van der Waals surface area contributed by atoms with E-state index in [1.165, 1.54) is 0 Å². The lowest BCUT2D eigenvalue weighted by Gasteiger charge is -2.05. The van der Waals surface area contributed by atoms with Crippen molar-refractivity contribution in [2.75, 3.05) is 0 Å². The first-order chi connectivity index (χ1) is 14.8. The molecule has 0 amide bonds. The Bertz CT molecular complexity index is 1770. The monoisotopic (exact) mass is 451 g/mol. The van der Waals surface area contributed by atoms with Crippen LogP contribution < -0.4 is 0 Å². The molecule has 0 spiro atoms. The van der Waals surface area contributed by atoms with Gasteiger partial charge in [0, 0.05) is 21.3 Å². The maximum absolute atomic E-state index is 6.15. The minimum absolute atomic E-state index is 0.875. The highest BCUT2D eigenvalue weighted by atomic mass is 79.9. The third-order valence-corrected chi connectivity index (χ3v) is 6.43. The van der Waals surface area contributed by atoms with E-state index in [-0.39, 0.29) is 0 Å². The van der Waals surface area contributed by atoms with Crippen molar-refractivity contribution in [3.8, 4) is 5.69 Å². The number of fused-ring (bicyclic) bond motifs is 8. The maximum Gasteiger partial charge on any atom is 0.220 e. The van der Waals surface area contributed by atoms with Crippen LogP contribution in [0.4, 0.5) is 0 Å². The Morgan fingerprint density at radius 1 is 0.733 bits per heavy atom. The Balaban J connectivity index is 1.64. The molecule has 142 valence electrons. The standard InChI is InChI=1S/C25H14BrN3O/c26-18-7-5-10-21-24(18)29-20-9-3-2-8-19(20)27-25(29)28(21)15-12-13-17-16-6-1-4-11-22(16)30-23(17)14-15/h1-14H. The van der Waals surface area contributed by atoms with Crippen LogP contribution in [0.1, 0.15) is 0 Å². The second kappa shape index (κ2) is 5.74. The smallest absolute Gasteiger partial charge is 0.220 e. The third-order valence-electron chi connectivity index (χ3n) is 5.79. The molecule has 0 atom stereocenters. The molecule has 7 rings (SSSR count). The Morgan fingerprint density at radius 2 is 1.53 bits per heavy atom. The Kier molecular flexibility index (Phi) is 3.11. The molecule has 7 aromatic rings. The van der Waals surface area contributed by atoms with Crippen molar-refractivity contribution in [1.29, 1.82) is 0 Å². The van der Waals surface area contributed by atoms with Crippen LogP contribution in [0, 0.1) is 0 Å². The van der Waals surface area contributed by atoms with Gasteiger partial charge in [0.2, 0.25) is 5.78 Å². The van der Waals surface area contributed by atoms with Crippen LogP contribution in [0.15, 0.2) is 93.8 Å². The molecule has 0 aliphatic heterocycles. The maximum atomic E-state index is 6.15. The van der Waals surface area contributed by atoms with Crippen LogP contribution in [0.2, 0.25) is 0 Å². The predicted octanol–water partition coefficient (Wildman–Crippen LogP) is 7.09. The zero-order valence-corrected chi connectivity index (χ0v) is 17.3. The molecule has 0 unspecified atom stereocenters. The molecule has 3 aromatic heterocycles. The zero-order chi connectivity index (χ0) is 19.8. The normalized spacial score (nSPS) is 12.2. The predicted molar refractivity (Wildman–Crippen MR) is 125 cm³/mol. The number of aromatic nitrogens is 3. The van der Waals surface area contributed by atoms with Gasteiger partial charge in [0.15, 0.2) is 0 Å². The first-order valence-corrected chi connectivity index (χ1v) is 10.6. The van der Waals surface area contributed by atoms with Crippen LogP contribution in [0.3, 0.4) is 0 Å². The summed E-state index contributed by atoms with van der Waals surface area (Å²) in [4.78, 5) is 4.97. The van der Waals surface area contributed by atoms with E-state index < -0.39 is 0 Å². The number of hydrogen-bond acceptors (Lipinski definition) is 2. The topological polar surface area (TPSA) is 35.4 Å². The van der Waals surface area contributed by atoms with Gasteiger partial charge in [0.1, 0.15) is 11.2 Å². The molecular formula is C25H14BrN3O. The molecule has 0 saturated carbocycles. The average molecular weight is 452 g/mol. The van der Waals surface area contributed by atoms with E-state index in [9.17, 15) is 0 Å². The van der Waals surface area contributed by atoms with Crippen molar-refractivity contribution in [3.63, 3.8) is 0 Å². The van der Waals surface area contributed by atoms with Crippen LogP contribution in [0.5, 0.6) is 0 Å². The highest BCUT2D eigenvalue weighted by Crippen LogP contribution is 2.35. The van der Waals surface area contributed by atoms with Gasteiger partial charge in [-0.15, -0.1) is 0 Å². The molecule has 0 aliphatic carbocycles. The first-order valence-electron chi connectivity index (χ1n) is 9.77. The van der Waals surface area contributed by atoms with Gasteiger partial charge in [-0.2, -0.15) is 0 Å². The fraction of sp³-hybridized carbons (Fsp3) is 0. The van der Waals surface area contributed by atoms with E-state index in [1.54, 1.807) is 0 Å². The summed E-state index contributed by atoms with van der Waals surface area (Å²) in [5.41, 5.74) is 7.06. The number of imidazole rings is 2. The Morgan fingerprint density at radius 3 is 2.50 bits per heavy atom. The number of nitrogens with zero attached hydrogens (tertiary/aromatic N) is 3. The second-order valence-corrected chi connectivity index (χ2v) is 8.31. The average Bonchev–Trinajstić information content (AvgIpc) is 3.41. The molecule has 4 nitrogen and oxygen atoms in total. The van der Waals surface area contributed by atoms with Gasteiger partial charge in [-0.25, -0.2) is 4.98 Å². The van der Waals surface area contributed by atoms with Gasteiger partial charge in [-0.3, -0.25) is 8.97 Å². The van der Waals surface area contributed by atoms with Crippen LogP contribution >= 0.6 is 15.9 Å². The molecule has 0 aliphatic rings. The minimum atomic E-state index is 0.875. The summed E-state index contributed by atoms with van der Waals surface area (Å²) in [6.07, 6.45) is 0. The fourth-order valence-electron chi connectivity index (χ4n) is 4.51. The van der Waals surface area contributed by atoms with Crippen molar-refractivity contribution in [1.82, 2.24) is 14.0 Å². The molecule has 0 bridgehead atoms. The lowest BCUT2D eigenvalue weighted by Crippen LogP contribution is -1.94. The molecule has 0 N–H and O–H groups in total. The minimum Gasteiger partial charge on any atom is -0.456 e. The largest absolute Gasteiger partial charge is 0.456 e. The zero-order valence-electron chi connectivity index (χ0n) is 15.7. The van der Waals surface area contributed by atoms with Crippen molar-refractivity contribution in [2.24, 2.45) is 0 Å². The summed E-state index contributed by atoms with van der Waals surface area (Å²) >= 11 is 3.76. The van der Waals surface area contributed by atoms with Gasteiger partial charge in [0.25, 0.3) is 0 Å². The van der Waals surface area contributed by atoms with Crippen molar-refractivity contribution in [3.05, 3.63) is 89.4 Å². The van der Waals surface area contributed by atoms with Crippen molar-refractivity contribution in [2.45, 2.75) is 0 Å². The number of halogens is 1. The molecular weight excluding hydrogens is 438 g/mol. The van der Waals surface area contributed by atoms with Crippen molar-refractivity contribution >= 4 is 65.7 Å². The van der Waals surface area contributed by atoms with Crippen LogP contribution in [-0.4, -0.2) is 14.0 Å². The number of para-hydroxylation sites is 4. The van der Waals surface area contributed by atoms with Gasteiger partial charge in [0.05, 0.1) is 27.8 Å². The molecule has 0 fully saturated rings. The molecule has 3 heterocycles.